The lowest BCUT2D eigenvalue weighted by Crippen LogP contribution is -2.11. The van der Waals surface area contributed by atoms with Gasteiger partial charge >= 0.3 is 35.8 Å². The number of ether oxygens (including phenoxy) is 4. The molecule has 0 unspecified atom stereocenters. The first kappa shape index (κ1) is 86.5. The molecule has 0 saturated heterocycles. The monoisotopic (exact) mass is 1220 g/mol. The Labute approximate surface area is 533 Å². The van der Waals surface area contributed by atoms with Crippen LogP contribution in [0.2, 0.25) is 0 Å². The Morgan fingerprint density at radius 2 is 0.540 bits per heavy atom. The van der Waals surface area contributed by atoms with Crippen LogP contribution in [-0.2, 0) is 47.7 Å². The van der Waals surface area contributed by atoms with Gasteiger partial charge in [0.2, 0.25) is 0 Å². The van der Waals surface area contributed by atoms with Crippen LogP contribution in [-0.4, -0.2) is 52.6 Å². The van der Waals surface area contributed by atoms with Crippen LogP contribution >= 0.6 is 0 Å². The number of aliphatic carboxylic acids is 2. The summed E-state index contributed by atoms with van der Waals surface area (Å²) in [5.74, 6) is -3.33. The van der Waals surface area contributed by atoms with Gasteiger partial charge in [-0.3, -0.25) is 0 Å². The molecule has 0 heterocycles. The Bertz CT molecular complexity index is 1920. The van der Waals surface area contributed by atoms with E-state index in [4.69, 9.17) is 18.9 Å². The van der Waals surface area contributed by atoms with Crippen molar-refractivity contribution < 1.29 is 57.9 Å². The van der Waals surface area contributed by atoms with Crippen molar-refractivity contribution in [1.82, 2.24) is 0 Å². The second-order valence-electron chi connectivity index (χ2n) is 24.1. The summed E-state index contributed by atoms with van der Waals surface area (Å²) in [5, 5.41) is 18.6. The third-order valence-corrected chi connectivity index (χ3v) is 15.7. The number of allylic oxidation sites excluding steroid dienone is 2. The summed E-state index contributed by atoms with van der Waals surface area (Å²) < 4.78 is 21.2. The zero-order chi connectivity index (χ0) is 65.6. The summed E-state index contributed by atoms with van der Waals surface area (Å²) in [4.78, 5) is 71.2. The standard InChI is InChI=1S/C27H48O4.C25H44O4.C23H40O4/c1-5-7-9-11-13-15-17-19-21-23(3)27(30)31-25(24(4)26(28)29)22-20-18-16-14-12-10-8-6-2;1-5-7-9-11-13-15-17-19-21(3)25(28)29-23(22(4)24(26)27)20-18-16-14-12-10-8-6-2;1-5-7-9-11-13-15-17-20(3)22(24)27-19-21(4)23(25)26-18-16-14-12-10-8-6-2/h3,5-22H2,1-2,4H3,(H,28,29);3,5-20H2,1-2,4H3,(H,26,27);19H,3,5-18H2,1-2,4H3. The van der Waals surface area contributed by atoms with Gasteiger partial charge in [-0.25, -0.2) is 28.8 Å². The molecule has 0 aromatic carbocycles. The van der Waals surface area contributed by atoms with Crippen LogP contribution < -0.4 is 0 Å². The molecule has 12 nitrogen and oxygen atoms in total. The first-order valence-electron chi connectivity index (χ1n) is 35.3. The van der Waals surface area contributed by atoms with Crippen LogP contribution in [0.5, 0.6) is 0 Å². The molecule has 0 fully saturated rings. The van der Waals surface area contributed by atoms with Crippen molar-refractivity contribution in [3.63, 3.8) is 0 Å². The van der Waals surface area contributed by atoms with E-state index in [1.807, 2.05) is 0 Å². The van der Waals surface area contributed by atoms with Gasteiger partial charge < -0.3 is 29.2 Å². The molecule has 2 N–H and O–H groups in total. The van der Waals surface area contributed by atoms with Crippen molar-refractivity contribution in [3.8, 4) is 0 Å². The summed E-state index contributed by atoms with van der Waals surface area (Å²) in [6.07, 6.45) is 53.0. The van der Waals surface area contributed by atoms with Crippen molar-refractivity contribution in [2.75, 3.05) is 6.61 Å². The minimum absolute atomic E-state index is 0.119. The topological polar surface area (TPSA) is 180 Å². The number of carbonyl (C=O) groups is 6. The Kier molecular flexibility index (Phi) is 63.9. The summed E-state index contributed by atoms with van der Waals surface area (Å²) in [7, 11) is 0. The van der Waals surface area contributed by atoms with Crippen molar-refractivity contribution in [3.05, 3.63) is 71.0 Å². The molecule has 0 atom stereocenters. The largest absolute Gasteiger partial charge is 0.478 e. The minimum Gasteiger partial charge on any atom is -0.478 e. The maximum Gasteiger partial charge on any atom is 0.338 e. The second-order valence-corrected chi connectivity index (χ2v) is 24.1. The van der Waals surface area contributed by atoms with E-state index in [0.29, 0.717) is 66.8 Å². The summed E-state index contributed by atoms with van der Waals surface area (Å²) >= 11 is 0. The van der Waals surface area contributed by atoms with Gasteiger partial charge in [-0.1, -0.05) is 292 Å². The van der Waals surface area contributed by atoms with E-state index >= 15 is 0 Å². The Hall–Kier alpha value is -4.74. The fourth-order valence-corrected chi connectivity index (χ4v) is 9.53. The minimum atomic E-state index is -1.03. The Morgan fingerprint density at radius 3 is 0.805 bits per heavy atom. The van der Waals surface area contributed by atoms with E-state index in [9.17, 15) is 39.0 Å². The average molecular weight is 1230 g/mol. The van der Waals surface area contributed by atoms with E-state index < -0.39 is 35.8 Å². The van der Waals surface area contributed by atoms with E-state index in [-0.39, 0.29) is 16.9 Å². The molecule has 0 amide bonds. The van der Waals surface area contributed by atoms with Gasteiger partial charge in [0.15, 0.2) is 0 Å². The van der Waals surface area contributed by atoms with Gasteiger partial charge in [-0.2, -0.15) is 0 Å². The van der Waals surface area contributed by atoms with Crippen LogP contribution in [0.25, 0.3) is 0 Å². The molecule has 0 rings (SSSR count). The molecular weight excluding hydrogens is 1090 g/mol. The molecule has 504 valence electrons. The summed E-state index contributed by atoms with van der Waals surface area (Å²) in [5.41, 5.74) is 1.87. The SMILES string of the molecule is C=C(CCCCCCCC)C(=O)OC=C(C)C(=O)OCCCCCCCC.C=C(CCCCCCCCC)C(=O)OC(CCCCCCCCC)=C(C)C(=O)O.C=C(CCCCCCCCCC)C(=O)OC(CCCCCCCCCC)=C(C)C(=O)O. The zero-order valence-electron chi connectivity index (χ0n) is 57.6. The third kappa shape index (κ3) is 56.3. The molecule has 0 spiro atoms. The predicted molar refractivity (Wildman–Crippen MR) is 362 cm³/mol. The van der Waals surface area contributed by atoms with Gasteiger partial charge in [0.1, 0.15) is 17.8 Å². The third-order valence-electron chi connectivity index (χ3n) is 15.7. The fourth-order valence-electron chi connectivity index (χ4n) is 9.53. The quantitative estimate of drug-likeness (QED) is 0.0194. The molecule has 0 bridgehead atoms. The molecule has 0 aromatic heterocycles. The zero-order valence-corrected chi connectivity index (χ0v) is 57.6. The highest BCUT2D eigenvalue weighted by Crippen LogP contribution is 2.23. The van der Waals surface area contributed by atoms with Crippen LogP contribution in [0, 0.1) is 0 Å². The van der Waals surface area contributed by atoms with Crippen molar-refractivity contribution >= 4 is 35.8 Å². The Balaban J connectivity index is -0.00000122. The number of unbranched alkanes of at least 4 members (excludes halogenated alkanes) is 36. The van der Waals surface area contributed by atoms with Gasteiger partial charge in [0, 0.05) is 29.6 Å². The Morgan fingerprint density at radius 1 is 0.310 bits per heavy atom. The van der Waals surface area contributed by atoms with E-state index in [0.717, 1.165) is 89.9 Å². The van der Waals surface area contributed by atoms with Crippen molar-refractivity contribution in [1.29, 1.82) is 0 Å². The van der Waals surface area contributed by atoms with Crippen LogP contribution in [0.4, 0.5) is 0 Å². The normalized spacial score (nSPS) is 11.7. The van der Waals surface area contributed by atoms with Gasteiger partial charge in [0.25, 0.3) is 0 Å². The summed E-state index contributed by atoms with van der Waals surface area (Å²) in [6.45, 7) is 29.7. The molecular formula is C75H132O12. The van der Waals surface area contributed by atoms with E-state index in [2.05, 4.69) is 61.3 Å². The molecule has 12 heteroatoms. The molecule has 0 aromatic rings. The number of carbonyl (C=O) groups excluding carboxylic acids is 4. The lowest BCUT2D eigenvalue weighted by atomic mass is 10.0. The number of rotatable bonds is 57. The number of esters is 4. The molecule has 0 saturated carbocycles. The van der Waals surface area contributed by atoms with Gasteiger partial charge in [-0.15, -0.1) is 0 Å². The molecule has 0 aliphatic carbocycles. The van der Waals surface area contributed by atoms with Crippen molar-refractivity contribution in [2.45, 2.75) is 364 Å². The molecule has 0 radical (unpaired) electrons. The van der Waals surface area contributed by atoms with Gasteiger partial charge in [0.05, 0.1) is 23.3 Å². The maximum atomic E-state index is 12.4. The number of carboxylic acids is 2. The average Bonchev–Trinajstić information content (AvgIpc) is 3.69. The van der Waals surface area contributed by atoms with Crippen LogP contribution in [0.1, 0.15) is 364 Å². The first-order chi connectivity index (χ1) is 41.9. The van der Waals surface area contributed by atoms with Crippen LogP contribution in [0.15, 0.2) is 71.0 Å². The molecule has 0 aliphatic heterocycles. The molecule has 0 aliphatic rings. The van der Waals surface area contributed by atoms with Gasteiger partial charge in [-0.05, 0) is 78.6 Å². The van der Waals surface area contributed by atoms with Crippen molar-refractivity contribution in [2.24, 2.45) is 0 Å². The highest BCUT2D eigenvalue weighted by atomic mass is 16.6. The highest BCUT2D eigenvalue weighted by Gasteiger charge is 2.19. The van der Waals surface area contributed by atoms with E-state index in [1.54, 1.807) is 6.92 Å². The maximum absolute atomic E-state index is 12.4. The number of hydrogen-bond donors (Lipinski definition) is 2. The fraction of sp³-hybridized carbons (Fsp3) is 0.760. The van der Waals surface area contributed by atoms with Crippen LogP contribution in [0.3, 0.4) is 0 Å². The second kappa shape index (κ2) is 64.3. The smallest absolute Gasteiger partial charge is 0.338 e. The number of hydrogen-bond acceptors (Lipinski definition) is 10. The van der Waals surface area contributed by atoms with E-state index in [1.165, 1.54) is 200 Å². The lowest BCUT2D eigenvalue weighted by Gasteiger charge is -2.12. The first-order valence-corrected chi connectivity index (χ1v) is 35.3. The predicted octanol–water partition coefficient (Wildman–Crippen LogP) is 22.9. The summed E-state index contributed by atoms with van der Waals surface area (Å²) in [6, 6.07) is 0. The molecule has 87 heavy (non-hydrogen) atoms. The lowest BCUT2D eigenvalue weighted by molar-refractivity contribution is -0.140. The number of carboxylic acid groups (broad SMARTS) is 2. The highest BCUT2D eigenvalue weighted by molar-refractivity contribution is 5.92.